The van der Waals surface area contributed by atoms with E-state index in [1.807, 2.05) is 49.4 Å². The molecule has 2 aromatic carbocycles. The lowest BCUT2D eigenvalue weighted by Crippen LogP contribution is -2.54. The van der Waals surface area contributed by atoms with Crippen molar-refractivity contribution in [3.63, 3.8) is 0 Å². The molecule has 4 aromatic rings. The number of carbonyl (C=O) groups is 2. The number of amides is 3. The molecule has 0 bridgehead atoms. The molecular weight excluding hydrogens is 568 g/mol. The topological polar surface area (TPSA) is 138 Å². The minimum Gasteiger partial charge on any atom is -0.353 e. The highest BCUT2D eigenvalue weighted by Gasteiger charge is 2.29. The first-order valence-corrected chi connectivity index (χ1v) is 16.1. The molecular formula is C34H44N8O3. The summed E-state index contributed by atoms with van der Waals surface area (Å²) in [5, 5.41) is 18.8. The van der Waals surface area contributed by atoms with Crippen LogP contribution < -0.4 is 21.5 Å². The highest BCUT2D eigenvalue weighted by molar-refractivity contribution is 5.88. The molecule has 4 heterocycles. The van der Waals surface area contributed by atoms with E-state index in [9.17, 15) is 14.4 Å². The first-order chi connectivity index (χ1) is 21.8. The third-order valence-corrected chi connectivity index (χ3v) is 9.44. The van der Waals surface area contributed by atoms with Crippen molar-refractivity contribution in [1.82, 2.24) is 40.9 Å². The van der Waals surface area contributed by atoms with Crippen LogP contribution in [0.5, 0.6) is 0 Å². The Balaban J connectivity index is 1.08. The molecule has 0 saturated carbocycles. The second-order valence-electron chi connectivity index (χ2n) is 12.7. The van der Waals surface area contributed by atoms with Crippen LogP contribution in [-0.4, -0.2) is 95.3 Å². The molecule has 2 aliphatic rings. The Bertz CT molecular complexity index is 1700. The number of aromatic nitrogens is 3. The van der Waals surface area contributed by atoms with E-state index in [-0.39, 0.29) is 23.4 Å². The summed E-state index contributed by atoms with van der Waals surface area (Å²) in [4.78, 5) is 47.0. The number of fused-ring (bicyclic) bond motifs is 2. The van der Waals surface area contributed by atoms with Crippen LogP contribution in [0.25, 0.3) is 21.8 Å². The summed E-state index contributed by atoms with van der Waals surface area (Å²) in [7, 11) is 2.14. The van der Waals surface area contributed by atoms with Crippen LogP contribution in [0.1, 0.15) is 48.3 Å². The van der Waals surface area contributed by atoms with Crippen molar-refractivity contribution in [3.05, 3.63) is 75.7 Å². The number of carbonyl (C=O) groups excluding carboxylic acids is 2. The average Bonchev–Trinajstić information content (AvgIpc) is 3.53. The second-order valence-corrected chi connectivity index (χ2v) is 12.7. The normalized spacial score (nSPS) is 17.5. The Kier molecular flexibility index (Phi) is 9.46. The van der Waals surface area contributed by atoms with Gasteiger partial charge in [-0.3, -0.25) is 14.7 Å². The molecule has 2 fully saturated rings. The number of aryl methyl sites for hydroxylation is 1. The van der Waals surface area contributed by atoms with E-state index < -0.39 is 6.04 Å². The van der Waals surface area contributed by atoms with E-state index in [1.54, 1.807) is 11.1 Å². The maximum Gasteiger partial charge on any atom is 0.318 e. The van der Waals surface area contributed by atoms with Crippen LogP contribution in [0.4, 0.5) is 4.79 Å². The van der Waals surface area contributed by atoms with Crippen LogP contribution in [0.2, 0.25) is 0 Å². The molecule has 0 aliphatic carbocycles. The quantitative estimate of drug-likeness (QED) is 0.184. The first kappa shape index (κ1) is 30.8. The van der Waals surface area contributed by atoms with Gasteiger partial charge in [-0.15, -0.1) is 0 Å². The van der Waals surface area contributed by atoms with E-state index in [1.165, 1.54) is 0 Å². The zero-order chi connectivity index (χ0) is 31.3. The second kappa shape index (κ2) is 13.8. The van der Waals surface area contributed by atoms with E-state index in [0.717, 1.165) is 64.4 Å². The lowest BCUT2D eigenvalue weighted by molar-refractivity contribution is -0.122. The van der Waals surface area contributed by atoms with Crippen molar-refractivity contribution in [2.45, 2.75) is 57.0 Å². The fourth-order valence-corrected chi connectivity index (χ4v) is 6.77. The van der Waals surface area contributed by atoms with Crippen molar-refractivity contribution >= 4 is 33.7 Å². The monoisotopic (exact) mass is 612 g/mol. The Morgan fingerprint density at radius 2 is 1.78 bits per heavy atom. The summed E-state index contributed by atoms with van der Waals surface area (Å²) in [5.41, 5.74) is 4.50. The molecule has 5 N–H and O–H groups in total. The smallest absolute Gasteiger partial charge is 0.318 e. The first-order valence-electron chi connectivity index (χ1n) is 16.1. The van der Waals surface area contributed by atoms with Gasteiger partial charge in [-0.05, 0) is 93.4 Å². The third-order valence-electron chi connectivity index (χ3n) is 9.44. The zero-order valence-electron chi connectivity index (χ0n) is 26.2. The van der Waals surface area contributed by atoms with Crippen molar-refractivity contribution < 1.29 is 9.59 Å². The van der Waals surface area contributed by atoms with Gasteiger partial charge in [-0.2, -0.15) is 5.10 Å². The van der Waals surface area contributed by atoms with Gasteiger partial charge in [0.15, 0.2) is 0 Å². The fourth-order valence-electron chi connectivity index (χ4n) is 6.77. The maximum atomic E-state index is 13.5. The molecule has 1 atom stereocenters. The Labute approximate surface area is 263 Å². The lowest BCUT2D eigenvalue weighted by atomic mass is 9.89. The predicted octanol–water partition coefficient (Wildman–Crippen LogP) is 3.01. The van der Waals surface area contributed by atoms with Gasteiger partial charge in [0.2, 0.25) is 5.91 Å². The van der Waals surface area contributed by atoms with Crippen molar-refractivity contribution in [3.8, 4) is 0 Å². The number of piperidine rings is 2. The molecule has 238 valence electrons. The maximum absolute atomic E-state index is 13.5. The van der Waals surface area contributed by atoms with Gasteiger partial charge < -0.3 is 30.7 Å². The van der Waals surface area contributed by atoms with Crippen LogP contribution in [0.3, 0.4) is 0 Å². The minimum absolute atomic E-state index is 0.0662. The van der Waals surface area contributed by atoms with Crippen molar-refractivity contribution in [2.24, 2.45) is 0 Å². The summed E-state index contributed by atoms with van der Waals surface area (Å²) in [5.74, 6) is -0.126. The van der Waals surface area contributed by atoms with Crippen LogP contribution in [0.15, 0.2) is 53.5 Å². The summed E-state index contributed by atoms with van der Waals surface area (Å²) in [6.45, 7) is 6.36. The van der Waals surface area contributed by atoms with Crippen molar-refractivity contribution in [1.29, 1.82) is 0 Å². The molecule has 11 nitrogen and oxygen atoms in total. The van der Waals surface area contributed by atoms with Gasteiger partial charge in [-0.25, -0.2) is 4.79 Å². The standard InChI is InChI=1S/C34H44N8O3/c1-22-17-23(18-26-21-37-40-31(22)26)19-30(33(44)36-12-11-35-27-9-13-41(2)14-10-27)39-34(45)42-15-7-24(8-16-42)28-20-25-5-3-4-6-29(25)38-32(28)43/h3-6,17-18,20-21,24,27,30,35H,7-16,19H2,1-2H3,(H,36,44)(H,37,40)(H,38,43)(H,39,45). The molecule has 3 amide bonds. The van der Waals surface area contributed by atoms with Gasteiger partial charge in [0.25, 0.3) is 5.56 Å². The number of H-pyrrole nitrogens is 2. The summed E-state index contributed by atoms with van der Waals surface area (Å²) < 4.78 is 0. The van der Waals surface area contributed by atoms with Crippen LogP contribution in [0, 0.1) is 6.92 Å². The SMILES string of the molecule is Cc1cc(CC(NC(=O)N2CCC(c3cc4ccccc4[nH]c3=O)CC2)C(=O)NCCNC2CCN(C)CC2)cc2cn[nH]c12. The van der Waals surface area contributed by atoms with E-state index in [0.29, 0.717) is 51.5 Å². The van der Waals surface area contributed by atoms with Gasteiger partial charge in [-0.1, -0.05) is 24.3 Å². The summed E-state index contributed by atoms with van der Waals surface area (Å²) >= 11 is 0. The number of rotatable bonds is 9. The molecule has 0 radical (unpaired) electrons. The summed E-state index contributed by atoms with van der Waals surface area (Å²) in [6.07, 6.45) is 5.72. The number of pyridine rings is 1. The average molecular weight is 613 g/mol. The summed E-state index contributed by atoms with van der Waals surface area (Å²) in [6, 6.07) is 13.3. The molecule has 6 rings (SSSR count). The largest absolute Gasteiger partial charge is 0.353 e. The Morgan fingerprint density at radius 3 is 2.58 bits per heavy atom. The van der Waals surface area contributed by atoms with Gasteiger partial charge in [0.1, 0.15) is 6.04 Å². The number of hydrogen-bond donors (Lipinski definition) is 5. The molecule has 0 spiro atoms. The zero-order valence-corrected chi connectivity index (χ0v) is 26.2. The Hall–Kier alpha value is -4.22. The van der Waals surface area contributed by atoms with Crippen LogP contribution in [-0.2, 0) is 11.2 Å². The van der Waals surface area contributed by atoms with Gasteiger partial charge in [0, 0.05) is 55.1 Å². The van der Waals surface area contributed by atoms with Gasteiger partial charge >= 0.3 is 6.03 Å². The van der Waals surface area contributed by atoms with Gasteiger partial charge in [0.05, 0.1) is 11.7 Å². The molecule has 11 heteroatoms. The fraction of sp³-hybridized carbons (Fsp3) is 0.471. The van der Waals surface area contributed by atoms with Crippen molar-refractivity contribution in [2.75, 3.05) is 46.3 Å². The molecule has 2 aromatic heterocycles. The highest BCUT2D eigenvalue weighted by atomic mass is 16.2. The molecule has 2 saturated heterocycles. The molecule has 45 heavy (non-hydrogen) atoms. The minimum atomic E-state index is -0.731. The highest BCUT2D eigenvalue weighted by Crippen LogP contribution is 2.27. The number of nitrogens with one attached hydrogen (secondary N) is 5. The Morgan fingerprint density at radius 1 is 1.00 bits per heavy atom. The number of para-hydroxylation sites is 1. The number of hydrogen-bond acceptors (Lipinski definition) is 6. The predicted molar refractivity (Wildman–Crippen MR) is 177 cm³/mol. The number of nitrogens with zero attached hydrogens (tertiary/aromatic N) is 3. The number of benzene rings is 2. The number of aromatic amines is 2. The van der Waals surface area contributed by atoms with E-state index in [2.05, 4.69) is 43.1 Å². The van der Waals surface area contributed by atoms with E-state index in [4.69, 9.17) is 0 Å². The van der Waals surface area contributed by atoms with Crippen LogP contribution >= 0.6 is 0 Å². The third kappa shape index (κ3) is 7.37. The molecule has 2 aliphatic heterocycles. The number of urea groups is 1. The number of likely N-dealkylation sites (tertiary alicyclic amines) is 2. The molecule has 1 unspecified atom stereocenters. The lowest BCUT2D eigenvalue weighted by Gasteiger charge is -2.33. The van der Waals surface area contributed by atoms with E-state index >= 15 is 0 Å².